The molecule has 0 amide bonds. The van der Waals surface area contributed by atoms with Gasteiger partial charge in [-0.05, 0) is 42.0 Å². The van der Waals surface area contributed by atoms with Crippen LogP contribution in [0.3, 0.4) is 0 Å². The van der Waals surface area contributed by atoms with Gasteiger partial charge in [0.15, 0.2) is 0 Å². The molecule has 5 heteroatoms. The average molecular weight is 352 g/mol. The second-order valence-electron chi connectivity index (χ2n) is 4.49. The number of benzene rings is 2. The summed E-state index contributed by atoms with van der Waals surface area (Å²) in [6.07, 6.45) is 0. The van der Waals surface area contributed by atoms with Crippen LogP contribution in [0.25, 0.3) is 11.0 Å². The summed E-state index contributed by atoms with van der Waals surface area (Å²) in [6.45, 7) is 0. The number of hydrogen-bond acceptors (Lipinski definition) is 3. The number of hydrogen-bond donors (Lipinski definition) is 2. The maximum Gasteiger partial charge on any atom is 0.134 e. The first-order valence-electron chi connectivity index (χ1n) is 6.08. The van der Waals surface area contributed by atoms with Gasteiger partial charge in [0.25, 0.3) is 0 Å². The van der Waals surface area contributed by atoms with Gasteiger partial charge in [-0.2, -0.15) is 0 Å². The van der Waals surface area contributed by atoms with Crippen molar-refractivity contribution >= 4 is 38.5 Å². The Labute approximate surface area is 129 Å². The normalized spacial score (nSPS) is 12.8. The molecule has 1 unspecified atom stereocenters. The summed E-state index contributed by atoms with van der Waals surface area (Å²) in [5.41, 5.74) is 4.60. The molecule has 1 heterocycles. The van der Waals surface area contributed by atoms with Gasteiger partial charge in [-0.15, -0.1) is 0 Å². The lowest BCUT2D eigenvalue weighted by molar-refractivity contribution is 0.477. The van der Waals surface area contributed by atoms with Crippen LogP contribution in [0.1, 0.15) is 17.4 Å². The molecule has 0 spiro atoms. The topological polar surface area (TPSA) is 51.2 Å². The molecule has 0 radical (unpaired) electrons. The minimum atomic E-state index is -0.210. The van der Waals surface area contributed by atoms with E-state index in [4.69, 9.17) is 21.9 Å². The smallest absolute Gasteiger partial charge is 0.134 e. The van der Waals surface area contributed by atoms with E-state index in [1.165, 1.54) is 0 Å². The summed E-state index contributed by atoms with van der Waals surface area (Å²) in [4.78, 5) is 0. The van der Waals surface area contributed by atoms with Gasteiger partial charge in [-0.3, -0.25) is 5.84 Å². The van der Waals surface area contributed by atoms with Crippen molar-refractivity contribution in [2.24, 2.45) is 5.84 Å². The molecule has 0 aliphatic carbocycles. The number of fused-ring (bicyclic) bond motifs is 1. The number of hydrazine groups is 1. The van der Waals surface area contributed by atoms with Crippen LogP contribution in [0.15, 0.2) is 57.4 Å². The highest BCUT2D eigenvalue weighted by Crippen LogP contribution is 2.30. The first kappa shape index (κ1) is 13.6. The van der Waals surface area contributed by atoms with E-state index < -0.39 is 0 Å². The minimum absolute atomic E-state index is 0.210. The van der Waals surface area contributed by atoms with Gasteiger partial charge in [0, 0.05) is 14.9 Å². The lowest BCUT2D eigenvalue weighted by Gasteiger charge is -2.13. The third-order valence-corrected chi connectivity index (χ3v) is 3.86. The number of furan rings is 1. The Balaban J connectivity index is 2.07. The van der Waals surface area contributed by atoms with Gasteiger partial charge < -0.3 is 4.42 Å². The van der Waals surface area contributed by atoms with Gasteiger partial charge in [0.1, 0.15) is 17.4 Å². The van der Waals surface area contributed by atoms with Crippen molar-refractivity contribution in [2.75, 3.05) is 0 Å². The van der Waals surface area contributed by atoms with Crippen LogP contribution in [-0.4, -0.2) is 0 Å². The highest BCUT2D eigenvalue weighted by Gasteiger charge is 2.17. The Bertz CT molecular complexity index is 756. The van der Waals surface area contributed by atoms with Crippen LogP contribution in [0, 0.1) is 0 Å². The predicted octanol–water partition coefficient (Wildman–Crippen LogP) is 4.40. The number of rotatable bonds is 3. The Morgan fingerprint density at radius 2 is 2.00 bits per heavy atom. The second kappa shape index (κ2) is 5.58. The molecule has 1 atom stereocenters. The van der Waals surface area contributed by atoms with Gasteiger partial charge in [0.2, 0.25) is 0 Å². The molecular weight excluding hydrogens is 340 g/mol. The van der Waals surface area contributed by atoms with Crippen molar-refractivity contribution in [3.8, 4) is 0 Å². The minimum Gasteiger partial charge on any atom is -0.459 e. The maximum atomic E-state index is 5.99. The molecule has 0 fully saturated rings. The van der Waals surface area contributed by atoms with Crippen LogP contribution in [-0.2, 0) is 0 Å². The van der Waals surface area contributed by atoms with Crippen molar-refractivity contribution in [1.82, 2.24) is 5.43 Å². The van der Waals surface area contributed by atoms with E-state index in [2.05, 4.69) is 21.4 Å². The zero-order valence-electron chi connectivity index (χ0n) is 10.4. The molecule has 0 aliphatic rings. The molecule has 0 bridgehead atoms. The Hall–Kier alpha value is -1.33. The largest absolute Gasteiger partial charge is 0.459 e. The fourth-order valence-corrected chi connectivity index (χ4v) is 2.80. The third-order valence-electron chi connectivity index (χ3n) is 3.13. The van der Waals surface area contributed by atoms with Crippen LogP contribution in [0.5, 0.6) is 0 Å². The van der Waals surface area contributed by atoms with Crippen LogP contribution in [0.2, 0.25) is 5.02 Å². The summed E-state index contributed by atoms with van der Waals surface area (Å²) in [7, 11) is 0. The van der Waals surface area contributed by atoms with Gasteiger partial charge in [-0.25, -0.2) is 5.43 Å². The molecule has 1 aromatic heterocycles. The van der Waals surface area contributed by atoms with E-state index in [0.29, 0.717) is 5.02 Å². The summed E-state index contributed by atoms with van der Waals surface area (Å²) < 4.78 is 6.85. The molecule has 20 heavy (non-hydrogen) atoms. The van der Waals surface area contributed by atoms with Crippen LogP contribution >= 0.6 is 27.5 Å². The molecule has 0 saturated heterocycles. The fourth-order valence-electron chi connectivity index (χ4n) is 2.21. The Morgan fingerprint density at radius 3 is 2.75 bits per heavy atom. The third kappa shape index (κ3) is 2.60. The van der Waals surface area contributed by atoms with E-state index in [-0.39, 0.29) is 6.04 Å². The number of halogens is 2. The van der Waals surface area contributed by atoms with E-state index in [1.807, 2.05) is 42.5 Å². The SMILES string of the molecule is NNC(c1cccc(Br)c1)c1cc2cc(Cl)ccc2o1. The van der Waals surface area contributed by atoms with Gasteiger partial charge >= 0.3 is 0 Å². The molecule has 3 rings (SSSR count). The molecule has 102 valence electrons. The van der Waals surface area contributed by atoms with Crippen molar-refractivity contribution in [1.29, 1.82) is 0 Å². The summed E-state index contributed by atoms with van der Waals surface area (Å²) in [5.74, 6) is 6.44. The zero-order chi connectivity index (χ0) is 14.1. The van der Waals surface area contributed by atoms with Crippen LogP contribution in [0.4, 0.5) is 0 Å². The van der Waals surface area contributed by atoms with Crippen molar-refractivity contribution in [3.05, 3.63) is 69.3 Å². The summed E-state index contributed by atoms with van der Waals surface area (Å²) in [5, 5.41) is 1.65. The lowest BCUT2D eigenvalue weighted by atomic mass is 10.1. The average Bonchev–Trinajstić information content (AvgIpc) is 2.82. The Kier molecular flexibility index (Phi) is 3.81. The monoisotopic (exact) mass is 350 g/mol. The fraction of sp³-hybridized carbons (Fsp3) is 0.0667. The second-order valence-corrected chi connectivity index (χ2v) is 5.84. The molecule has 3 N–H and O–H groups in total. The first-order valence-corrected chi connectivity index (χ1v) is 7.25. The molecule has 0 saturated carbocycles. The highest BCUT2D eigenvalue weighted by molar-refractivity contribution is 9.10. The lowest BCUT2D eigenvalue weighted by Crippen LogP contribution is -2.28. The van der Waals surface area contributed by atoms with Gasteiger partial charge in [-0.1, -0.05) is 39.7 Å². The van der Waals surface area contributed by atoms with E-state index >= 15 is 0 Å². The standard InChI is InChI=1S/C15H12BrClN2O/c16-11-3-1-2-9(6-11)15(19-18)14-8-10-7-12(17)4-5-13(10)20-14/h1-8,15,19H,18H2. The summed E-state index contributed by atoms with van der Waals surface area (Å²) in [6, 6.07) is 15.2. The molecule has 0 aliphatic heterocycles. The zero-order valence-corrected chi connectivity index (χ0v) is 12.8. The van der Waals surface area contributed by atoms with Gasteiger partial charge in [0.05, 0.1) is 0 Å². The van der Waals surface area contributed by atoms with E-state index in [9.17, 15) is 0 Å². The number of nitrogens with two attached hydrogens (primary N) is 1. The van der Waals surface area contributed by atoms with Crippen LogP contribution < -0.4 is 11.3 Å². The van der Waals surface area contributed by atoms with Crippen molar-refractivity contribution in [2.45, 2.75) is 6.04 Å². The van der Waals surface area contributed by atoms with Crippen molar-refractivity contribution in [3.63, 3.8) is 0 Å². The van der Waals surface area contributed by atoms with E-state index in [1.54, 1.807) is 6.07 Å². The molecule has 2 aromatic carbocycles. The Morgan fingerprint density at radius 1 is 1.15 bits per heavy atom. The highest BCUT2D eigenvalue weighted by atomic mass is 79.9. The van der Waals surface area contributed by atoms with Crippen molar-refractivity contribution < 1.29 is 4.42 Å². The molecular formula is C15H12BrClN2O. The maximum absolute atomic E-state index is 5.99. The quantitative estimate of drug-likeness (QED) is 0.543. The number of nitrogens with one attached hydrogen (secondary N) is 1. The van der Waals surface area contributed by atoms with E-state index in [0.717, 1.165) is 26.8 Å². The molecule has 3 aromatic rings. The molecule has 3 nitrogen and oxygen atoms in total. The first-order chi connectivity index (χ1) is 9.67. The predicted molar refractivity (Wildman–Crippen MR) is 84.5 cm³/mol. The summed E-state index contributed by atoms with van der Waals surface area (Å²) >= 11 is 9.45.